The number of sulfone groups is 1. The van der Waals surface area contributed by atoms with E-state index in [2.05, 4.69) is 26.2 Å². The minimum atomic E-state index is -3.47. The lowest BCUT2D eigenvalue weighted by Crippen LogP contribution is -2.46. The Balaban J connectivity index is 1.97. The van der Waals surface area contributed by atoms with Crippen LogP contribution in [-0.4, -0.2) is 26.2 Å². The van der Waals surface area contributed by atoms with Gasteiger partial charge in [0, 0.05) is 5.41 Å². The second-order valence-corrected chi connectivity index (χ2v) is 9.68. The molecule has 0 N–H and O–H groups in total. The topological polar surface area (TPSA) is 60.4 Å². The molecule has 0 heterocycles. The number of fused-ring (bicyclic) bond motifs is 2. The van der Waals surface area contributed by atoms with Gasteiger partial charge in [0.25, 0.3) is 0 Å². The van der Waals surface area contributed by atoms with Gasteiger partial charge in [0.2, 0.25) is 0 Å². The second-order valence-electron chi connectivity index (χ2n) is 7.70. The zero-order valence-electron chi connectivity index (χ0n) is 14.7. The van der Waals surface area contributed by atoms with Crippen LogP contribution in [0.25, 0.3) is 0 Å². The van der Waals surface area contributed by atoms with E-state index in [-0.39, 0.29) is 11.2 Å². The molecular formula is C20H24O4S. The second kappa shape index (κ2) is 6.15. The smallest absolute Gasteiger partial charge is 0.338 e. The van der Waals surface area contributed by atoms with Crippen molar-refractivity contribution in [1.82, 2.24) is 0 Å². The molecule has 2 saturated carbocycles. The third-order valence-electron chi connectivity index (χ3n) is 6.39. The van der Waals surface area contributed by atoms with E-state index in [1.54, 1.807) is 30.3 Å². The van der Waals surface area contributed by atoms with Crippen molar-refractivity contribution in [1.29, 1.82) is 0 Å². The third kappa shape index (κ3) is 2.86. The van der Waals surface area contributed by atoms with Crippen LogP contribution in [0, 0.1) is 16.7 Å². The van der Waals surface area contributed by atoms with E-state index in [4.69, 9.17) is 4.74 Å². The molecule has 0 radical (unpaired) electrons. The molecule has 5 heteroatoms. The maximum absolute atomic E-state index is 13.0. The molecule has 134 valence electrons. The van der Waals surface area contributed by atoms with Gasteiger partial charge in [-0.15, -0.1) is 5.73 Å². The number of carbonyl (C=O) groups excluding carboxylic acids is 1. The molecule has 0 aliphatic heterocycles. The molecule has 1 aromatic carbocycles. The summed E-state index contributed by atoms with van der Waals surface area (Å²) in [5, 5.41) is 0. The molecule has 0 saturated heterocycles. The highest BCUT2D eigenvalue weighted by Gasteiger charge is 2.66. The Morgan fingerprint density at radius 2 is 2.04 bits per heavy atom. The van der Waals surface area contributed by atoms with E-state index in [1.165, 1.54) is 6.08 Å². The Hall–Kier alpha value is -1.84. The number of ether oxygens (including phenoxy) is 1. The van der Waals surface area contributed by atoms with Crippen molar-refractivity contribution < 1.29 is 17.9 Å². The highest BCUT2D eigenvalue weighted by Crippen LogP contribution is 2.67. The van der Waals surface area contributed by atoms with Gasteiger partial charge >= 0.3 is 5.97 Å². The number of carbonyl (C=O) groups is 1. The SMILES string of the molecule is C=C=CC(=O)O[C@H]1C[C@@H]2CC[C@@]1(CS(=O)(=O)c1ccccc1)C2(C)C. The molecular weight excluding hydrogens is 336 g/mol. The molecule has 4 nitrogen and oxygen atoms in total. The molecule has 0 amide bonds. The summed E-state index contributed by atoms with van der Waals surface area (Å²) in [7, 11) is -3.47. The van der Waals surface area contributed by atoms with Gasteiger partial charge in [-0.05, 0) is 42.7 Å². The predicted octanol–water partition coefficient (Wildman–Crippen LogP) is 3.54. The Labute approximate surface area is 149 Å². The average Bonchev–Trinajstić information content (AvgIpc) is 2.90. The van der Waals surface area contributed by atoms with E-state index in [9.17, 15) is 13.2 Å². The monoisotopic (exact) mass is 360 g/mol. The third-order valence-corrected chi connectivity index (χ3v) is 8.27. The minimum Gasteiger partial charge on any atom is -0.458 e. The average molecular weight is 360 g/mol. The predicted molar refractivity (Wildman–Crippen MR) is 95.6 cm³/mol. The van der Waals surface area contributed by atoms with E-state index < -0.39 is 27.3 Å². The Bertz CT molecular complexity index is 819. The van der Waals surface area contributed by atoms with Crippen molar-refractivity contribution in [3.63, 3.8) is 0 Å². The normalized spacial score (nSPS) is 29.8. The minimum absolute atomic E-state index is 0.00324. The van der Waals surface area contributed by atoms with E-state index in [0.29, 0.717) is 17.2 Å². The summed E-state index contributed by atoms with van der Waals surface area (Å²) in [6.07, 6.45) is 3.22. The first-order valence-corrected chi connectivity index (χ1v) is 10.2. The molecule has 1 aromatic rings. The van der Waals surface area contributed by atoms with Crippen LogP contribution in [0.15, 0.2) is 53.6 Å². The van der Waals surface area contributed by atoms with Crippen LogP contribution in [-0.2, 0) is 19.4 Å². The molecule has 0 unspecified atom stereocenters. The molecule has 2 fully saturated rings. The number of rotatable bonds is 5. The Kier molecular flexibility index (Phi) is 4.42. The summed E-state index contributed by atoms with van der Waals surface area (Å²) >= 11 is 0. The molecule has 25 heavy (non-hydrogen) atoms. The van der Waals surface area contributed by atoms with Crippen LogP contribution in [0.3, 0.4) is 0 Å². The summed E-state index contributed by atoms with van der Waals surface area (Å²) < 4.78 is 31.7. The standard InChI is InChI=1S/C20H24O4S/c1-4-8-18(21)24-17-13-15-11-12-20(17,19(15,2)3)14-25(22,23)16-9-6-5-7-10-16/h5-10,15,17H,1,11-14H2,2-3H3/t15-,17-,20-/m0/s1. The number of hydrogen-bond donors (Lipinski definition) is 0. The Morgan fingerprint density at radius 1 is 1.36 bits per heavy atom. The van der Waals surface area contributed by atoms with Crippen molar-refractivity contribution >= 4 is 15.8 Å². The van der Waals surface area contributed by atoms with Gasteiger partial charge < -0.3 is 4.74 Å². The molecule has 0 spiro atoms. The van der Waals surface area contributed by atoms with Gasteiger partial charge in [0.05, 0.1) is 16.7 Å². The van der Waals surface area contributed by atoms with Gasteiger partial charge in [-0.3, -0.25) is 0 Å². The first-order valence-electron chi connectivity index (χ1n) is 8.57. The largest absolute Gasteiger partial charge is 0.458 e. The quantitative estimate of drug-likeness (QED) is 0.458. The van der Waals surface area contributed by atoms with Crippen LogP contribution in [0.5, 0.6) is 0 Å². The van der Waals surface area contributed by atoms with Crippen LogP contribution < -0.4 is 0 Å². The van der Waals surface area contributed by atoms with Crippen LogP contribution >= 0.6 is 0 Å². The molecule has 2 aliphatic carbocycles. The zero-order chi connectivity index (χ0) is 18.3. The highest BCUT2D eigenvalue weighted by molar-refractivity contribution is 7.91. The summed E-state index contributed by atoms with van der Waals surface area (Å²) in [6.45, 7) is 7.62. The first-order chi connectivity index (χ1) is 11.7. The Morgan fingerprint density at radius 3 is 2.64 bits per heavy atom. The van der Waals surface area contributed by atoms with E-state index >= 15 is 0 Å². The van der Waals surface area contributed by atoms with Crippen molar-refractivity contribution in [3.8, 4) is 0 Å². The lowest BCUT2D eigenvalue weighted by Gasteiger charge is -2.41. The van der Waals surface area contributed by atoms with Crippen molar-refractivity contribution in [2.75, 3.05) is 5.75 Å². The van der Waals surface area contributed by atoms with Crippen LogP contribution in [0.1, 0.15) is 33.1 Å². The fourth-order valence-corrected chi connectivity index (χ4v) is 6.93. The van der Waals surface area contributed by atoms with Crippen LogP contribution in [0.4, 0.5) is 0 Å². The molecule has 0 aromatic heterocycles. The van der Waals surface area contributed by atoms with Crippen molar-refractivity contribution in [3.05, 3.63) is 48.7 Å². The fraction of sp³-hybridized carbons (Fsp3) is 0.500. The first kappa shape index (κ1) is 18.0. The van der Waals surface area contributed by atoms with Gasteiger partial charge in [0.1, 0.15) is 6.10 Å². The van der Waals surface area contributed by atoms with Gasteiger partial charge in [-0.25, -0.2) is 13.2 Å². The van der Waals surface area contributed by atoms with Crippen LogP contribution in [0.2, 0.25) is 0 Å². The fourth-order valence-electron chi connectivity index (χ4n) is 4.81. The number of hydrogen-bond acceptors (Lipinski definition) is 4. The highest BCUT2D eigenvalue weighted by atomic mass is 32.2. The molecule has 2 aliphatic rings. The zero-order valence-corrected chi connectivity index (χ0v) is 15.5. The lowest BCUT2D eigenvalue weighted by molar-refractivity contribution is -0.150. The summed E-state index contributed by atoms with van der Waals surface area (Å²) in [4.78, 5) is 12.3. The van der Waals surface area contributed by atoms with Gasteiger partial charge in [-0.1, -0.05) is 38.6 Å². The van der Waals surface area contributed by atoms with E-state index in [1.807, 2.05) is 0 Å². The molecule has 3 atom stereocenters. The lowest BCUT2D eigenvalue weighted by atomic mass is 9.69. The molecule has 3 rings (SSSR count). The van der Waals surface area contributed by atoms with E-state index in [0.717, 1.165) is 12.8 Å². The number of esters is 1. The van der Waals surface area contributed by atoms with Gasteiger partial charge in [0.15, 0.2) is 9.84 Å². The van der Waals surface area contributed by atoms with Crippen molar-refractivity contribution in [2.24, 2.45) is 16.7 Å². The summed E-state index contributed by atoms with van der Waals surface area (Å²) in [6, 6.07) is 8.51. The maximum atomic E-state index is 13.0. The maximum Gasteiger partial charge on any atom is 0.338 e. The van der Waals surface area contributed by atoms with Crippen molar-refractivity contribution in [2.45, 2.75) is 44.1 Å². The summed E-state index contributed by atoms with van der Waals surface area (Å²) in [5.41, 5.74) is 1.67. The number of benzene rings is 1. The molecule has 2 bridgehead atoms. The summed E-state index contributed by atoms with van der Waals surface area (Å²) in [5.74, 6) is -0.132. The van der Waals surface area contributed by atoms with Gasteiger partial charge in [-0.2, -0.15) is 0 Å².